The molecule has 3 aromatic rings. The highest BCUT2D eigenvalue weighted by molar-refractivity contribution is 9.10. The summed E-state index contributed by atoms with van der Waals surface area (Å²) in [6.45, 7) is 8.20. The minimum Gasteiger partial charge on any atom is -0.338 e. The molecule has 0 bridgehead atoms. The van der Waals surface area contributed by atoms with E-state index in [4.69, 9.17) is 4.52 Å². The number of thioether (sulfide) groups is 1. The molecule has 0 amide bonds. The molecule has 0 aliphatic rings. The molecule has 25 heavy (non-hydrogen) atoms. The second-order valence-electron chi connectivity index (χ2n) is 6.47. The Bertz CT molecular complexity index is 858. The van der Waals surface area contributed by atoms with E-state index < -0.39 is 0 Å². The molecule has 0 saturated carbocycles. The number of aromatic nitrogens is 4. The highest BCUT2D eigenvalue weighted by atomic mass is 79.9. The molecule has 6 nitrogen and oxygen atoms in total. The average molecular weight is 440 g/mol. The summed E-state index contributed by atoms with van der Waals surface area (Å²) >= 11 is 6.50. The minimum absolute atomic E-state index is 0.00951. The van der Waals surface area contributed by atoms with Crippen LogP contribution in [0.5, 0.6) is 0 Å². The Morgan fingerprint density at radius 1 is 1.28 bits per heavy atom. The van der Waals surface area contributed by atoms with Gasteiger partial charge >= 0.3 is 0 Å². The van der Waals surface area contributed by atoms with E-state index in [0.717, 1.165) is 19.6 Å². The number of anilines is 2. The predicted molar refractivity (Wildman–Crippen MR) is 105 cm³/mol. The fourth-order valence-electron chi connectivity index (χ4n) is 1.90. The topological polar surface area (TPSA) is 76.7 Å². The molecule has 1 unspecified atom stereocenters. The number of hydrogen-bond donors (Lipinski definition) is 1. The third-order valence-electron chi connectivity index (χ3n) is 3.22. The van der Waals surface area contributed by atoms with Crippen molar-refractivity contribution in [1.82, 2.24) is 20.3 Å². The van der Waals surface area contributed by atoms with E-state index >= 15 is 0 Å². The fourth-order valence-corrected chi connectivity index (χ4v) is 4.25. The van der Waals surface area contributed by atoms with Crippen molar-refractivity contribution in [1.29, 1.82) is 0 Å². The van der Waals surface area contributed by atoms with Crippen molar-refractivity contribution >= 4 is 49.8 Å². The Hall–Kier alpha value is -1.45. The molecule has 3 rings (SSSR count). The summed E-state index contributed by atoms with van der Waals surface area (Å²) in [4.78, 5) is 4.50. The van der Waals surface area contributed by atoms with Gasteiger partial charge in [-0.15, -0.1) is 10.2 Å². The van der Waals surface area contributed by atoms with Gasteiger partial charge in [0.1, 0.15) is 0 Å². The summed E-state index contributed by atoms with van der Waals surface area (Å²) in [6.07, 6.45) is 0. The molecule has 132 valence electrons. The van der Waals surface area contributed by atoms with Crippen molar-refractivity contribution in [3.8, 4) is 0 Å². The molecule has 9 heteroatoms. The largest absolute Gasteiger partial charge is 0.338 e. The molecule has 1 aromatic carbocycles. The second-order valence-corrected chi connectivity index (χ2v) is 9.96. The first-order valence-corrected chi connectivity index (χ1v) is 10.2. The SMILES string of the molecule is CC(Sc1nnc(Nc2cccc(Br)c2)s1)c1nc(C(C)(C)C)no1. The van der Waals surface area contributed by atoms with Crippen LogP contribution in [0.3, 0.4) is 0 Å². The monoisotopic (exact) mass is 439 g/mol. The van der Waals surface area contributed by atoms with Crippen molar-refractivity contribution < 1.29 is 4.52 Å². The van der Waals surface area contributed by atoms with Gasteiger partial charge in [0.15, 0.2) is 10.2 Å². The zero-order chi connectivity index (χ0) is 18.0. The summed E-state index contributed by atoms with van der Waals surface area (Å²) in [7, 11) is 0. The molecule has 1 atom stereocenters. The van der Waals surface area contributed by atoms with Gasteiger partial charge in [0.05, 0.1) is 5.25 Å². The van der Waals surface area contributed by atoms with Gasteiger partial charge in [-0.05, 0) is 25.1 Å². The standard InChI is InChI=1S/C16H18BrN5OS2/c1-9(12-19-13(22-23-12)16(2,3)4)24-15-21-20-14(25-15)18-11-7-5-6-10(17)8-11/h5-9H,1-4H3,(H,18,20). The Morgan fingerprint density at radius 2 is 2.08 bits per heavy atom. The van der Waals surface area contributed by atoms with Crippen LogP contribution in [-0.4, -0.2) is 20.3 Å². The van der Waals surface area contributed by atoms with E-state index in [1.165, 1.54) is 11.3 Å². The number of benzene rings is 1. The van der Waals surface area contributed by atoms with E-state index in [9.17, 15) is 0 Å². The molecule has 0 saturated heterocycles. The number of nitrogens with zero attached hydrogens (tertiary/aromatic N) is 4. The lowest BCUT2D eigenvalue weighted by Gasteiger charge is -2.11. The Kier molecular flexibility index (Phi) is 5.45. The van der Waals surface area contributed by atoms with E-state index in [1.807, 2.05) is 31.2 Å². The van der Waals surface area contributed by atoms with Crippen molar-refractivity contribution in [2.24, 2.45) is 0 Å². The van der Waals surface area contributed by atoms with Crippen LogP contribution >= 0.6 is 39.0 Å². The zero-order valence-corrected chi connectivity index (χ0v) is 17.5. The van der Waals surface area contributed by atoms with Crippen LogP contribution in [0.4, 0.5) is 10.8 Å². The van der Waals surface area contributed by atoms with Crippen LogP contribution in [0.1, 0.15) is 44.7 Å². The van der Waals surface area contributed by atoms with Gasteiger partial charge in [0, 0.05) is 15.6 Å². The highest BCUT2D eigenvalue weighted by Crippen LogP contribution is 2.37. The maximum absolute atomic E-state index is 5.39. The number of rotatable bonds is 5. The molecule has 2 heterocycles. The van der Waals surface area contributed by atoms with Crippen LogP contribution in [0.2, 0.25) is 0 Å². The van der Waals surface area contributed by atoms with Crippen LogP contribution in [0.15, 0.2) is 37.6 Å². The number of hydrogen-bond acceptors (Lipinski definition) is 8. The maximum Gasteiger partial charge on any atom is 0.239 e. The second kappa shape index (κ2) is 7.43. The lowest BCUT2D eigenvalue weighted by atomic mass is 9.96. The summed E-state index contributed by atoms with van der Waals surface area (Å²) in [5, 5.41) is 16.5. The third kappa shape index (κ3) is 4.80. The molecule has 0 radical (unpaired) electrons. The molecule has 0 fully saturated rings. The Balaban J connectivity index is 1.65. The highest BCUT2D eigenvalue weighted by Gasteiger charge is 2.24. The van der Waals surface area contributed by atoms with Crippen molar-refractivity contribution in [2.75, 3.05) is 5.32 Å². The van der Waals surface area contributed by atoms with E-state index in [-0.39, 0.29) is 10.7 Å². The van der Waals surface area contributed by atoms with Gasteiger partial charge in [-0.25, -0.2) is 0 Å². The first kappa shape index (κ1) is 18.3. The van der Waals surface area contributed by atoms with E-state index in [2.05, 4.69) is 62.4 Å². The van der Waals surface area contributed by atoms with Gasteiger partial charge < -0.3 is 9.84 Å². The molecule has 2 aromatic heterocycles. The third-order valence-corrected chi connectivity index (χ3v) is 5.72. The molecule has 1 N–H and O–H groups in total. The van der Waals surface area contributed by atoms with Crippen molar-refractivity contribution in [3.05, 3.63) is 40.5 Å². The Labute approximate surface area is 163 Å². The Morgan fingerprint density at radius 3 is 2.76 bits per heavy atom. The summed E-state index contributed by atoms with van der Waals surface area (Å²) in [6, 6.07) is 7.91. The van der Waals surface area contributed by atoms with Gasteiger partial charge in [-0.1, -0.05) is 71.0 Å². The smallest absolute Gasteiger partial charge is 0.239 e. The molecule has 0 aliphatic heterocycles. The van der Waals surface area contributed by atoms with Gasteiger partial charge in [-0.3, -0.25) is 0 Å². The van der Waals surface area contributed by atoms with Gasteiger partial charge in [0.2, 0.25) is 11.0 Å². The van der Waals surface area contributed by atoms with E-state index in [1.54, 1.807) is 11.8 Å². The first-order valence-electron chi connectivity index (χ1n) is 7.68. The van der Waals surface area contributed by atoms with Crippen LogP contribution in [0, 0.1) is 0 Å². The van der Waals surface area contributed by atoms with Crippen LogP contribution < -0.4 is 5.32 Å². The molecular formula is C16H18BrN5OS2. The van der Waals surface area contributed by atoms with Crippen LogP contribution in [-0.2, 0) is 5.41 Å². The normalized spacial score (nSPS) is 13.0. The lowest BCUT2D eigenvalue weighted by molar-refractivity contribution is 0.364. The van der Waals surface area contributed by atoms with Crippen molar-refractivity contribution in [2.45, 2.75) is 42.7 Å². The first-order chi connectivity index (χ1) is 11.8. The summed E-state index contributed by atoms with van der Waals surface area (Å²) in [5.41, 5.74) is 0.831. The zero-order valence-electron chi connectivity index (χ0n) is 14.3. The van der Waals surface area contributed by atoms with Crippen molar-refractivity contribution in [3.63, 3.8) is 0 Å². The fraction of sp³-hybridized carbons (Fsp3) is 0.375. The quantitative estimate of drug-likeness (QED) is 0.519. The van der Waals surface area contributed by atoms with Crippen LogP contribution in [0.25, 0.3) is 0 Å². The predicted octanol–water partition coefficient (Wildman–Crippen LogP) is 5.58. The minimum atomic E-state index is -0.129. The number of halogens is 1. The summed E-state index contributed by atoms with van der Waals surface area (Å²) < 4.78 is 7.25. The molecule has 0 aliphatic carbocycles. The molecule has 0 spiro atoms. The average Bonchev–Trinajstić information content (AvgIpc) is 3.16. The lowest BCUT2D eigenvalue weighted by Crippen LogP contribution is -2.13. The summed E-state index contributed by atoms with van der Waals surface area (Å²) in [5.74, 6) is 1.32. The van der Waals surface area contributed by atoms with Gasteiger partial charge in [-0.2, -0.15) is 4.98 Å². The van der Waals surface area contributed by atoms with Gasteiger partial charge in [0.25, 0.3) is 0 Å². The maximum atomic E-state index is 5.39. The number of nitrogens with one attached hydrogen (secondary N) is 1. The van der Waals surface area contributed by atoms with E-state index in [0.29, 0.717) is 11.7 Å². The molecular weight excluding hydrogens is 422 g/mol.